The number of rotatable bonds is 8. The third-order valence-corrected chi connectivity index (χ3v) is 5.22. The van der Waals surface area contributed by atoms with Crippen molar-refractivity contribution < 1.29 is 14.6 Å². The average molecular weight is 407 g/mol. The molecule has 30 heavy (non-hydrogen) atoms. The van der Waals surface area contributed by atoms with Crippen LogP contribution in [0.25, 0.3) is 11.3 Å². The van der Waals surface area contributed by atoms with Crippen LogP contribution >= 0.6 is 0 Å². The highest BCUT2D eigenvalue weighted by molar-refractivity contribution is 5.74. The topological polar surface area (TPSA) is 142 Å². The lowest BCUT2D eigenvalue weighted by Gasteiger charge is -2.39. The van der Waals surface area contributed by atoms with Crippen LogP contribution in [0.3, 0.4) is 0 Å². The van der Waals surface area contributed by atoms with Crippen molar-refractivity contribution in [3.63, 3.8) is 0 Å². The van der Waals surface area contributed by atoms with Crippen molar-refractivity contribution in [2.75, 3.05) is 25.6 Å². The molecule has 0 amide bonds. The number of methoxy groups -OCH3 is 1. The molecule has 3 N–H and O–H groups in total. The second kappa shape index (κ2) is 8.34. The molecule has 10 heteroatoms. The summed E-state index contributed by atoms with van der Waals surface area (Å²) in [6.07, 6.45) is 7.45. The number of aliphatic hydroxyl groups excluding tert-OH is 1. The zero-order valence-electron chi connectivity index (χ0n) is 16.4. The van der Waals surface area contributed by atoms with Crippen molar-refractivity contribution in [3.8, 4) is 29.0 Å². The van der Waals surface area contributed by atoms with Crippen LogP contribution in [-0.4, -0.2) is 50.6 Å². The summed E-state index contributed by atoms with van der Waals surface area (Å²) < 4.78 is 11.5. The van der Waals surface area contributed by atoms with Gasteiger partial charge >= 0.3 is 0 Å². The molecule has 154 valence electrons. The highest BCUT2D eigenvalue weighted by atomic mass is 16.5. The Kier molecular flexibility index (Phi) is 5.45. The van der Waals surface area contributed by atoms with E-state index in [0.29, 0.717) is 41.1 Å². The van der Waals surface area contributed by atoms with Crippen LogP contribution < -0.4 is 14.8 Å². The molecule has 0 aromatic carbocycles. The minimum absolute atomic E-state index is 0.105. The largest absolute Gasteiger partial charge is 0.492 e. The fourth-order valence-electron chi connectivity index (χ4n) is 3.30. The predicted molar refractivity (Wildman–Crippen MR) is 107 cm³/mol. The minimum atomic E-state index is -0.178. The van der Waals surface area contributed by atoms with Gasteiger partial charge in [-0.25, -0.2) is 15.0 Å². The molecule has 3 aromatic rings. The normalized spacial score (nSPS) is 14.4. The first kappa shape index (κ1) is 19.6. The number of aromatic nitrogens is 5. The molecule has 1 aliphatic carbocycles. The lowest BCUT2D eigenvalue weighted by Crippen LogP contribution is -2.39. The highest BCUT2D eigenvalue weighted by Crippen LogP contribution is 2.42. The first-order valence-electron chi connectivity index (χ1n) is 9.48. The fraction of sp³-hybridized carbons (Fsp3) is 0.350. The van der Waals surface area contributed by atoms with Crippen LogP contribution in [0.15, 0.2) is 30.7 Å². The smallest absolute Gasteiger partial charge is 0.226 e. The molecule has 1 aliphatic rings. The van der Waals surface area contributed by atoms with E-state index in [1.807, 2.05) is 6.07 Å². The molecule has 0 unspecified atom stereocenters. The zero-order valence-corrected chi connectivity index (χ0v) is 16.4. The molecule has 3 aromatic heterocycles. The maximum Gasteiger partial charge on any atom is 0.226 e. The van der Waals surface area contributed by atoms with Gasteiger partial charge in [0.1, 0.15) is 23.2 Å². The number of nitrogens with one attached hydrogen (secondary N) is 2. The number of ether oxygens (including phenoxy) is 2. The van der Waals surface area contributed by atoms with Gasteiger partial charge in [-0.05, 0) is 18.9 Å². The number of hydrogen-bond donors (Lipinski definition) is 3. The van der Waals surface area contributed by atoms with Gasteiger partial charge in [-0.15, -0.1) is 0 Å². The van der Waals surface area contributed by atoms with Gasteiger partial charge in [0.15, 0.2) is 11.5 Å². The first-order valence-corrected chi connectivity index (χ1v) is 9.48. The number of aromatic amines is 1. The van der Waals surface area contributed by atoms with Gasteiger partial charge in [-0.3, -0.25) is 5.10 Å². The summed E-state index contributed by atoms with van der Waals surface area (Å²) in [5.74, 6) is 1.95. The molecule has 0 saturated heterocycles. The van der Waals surface area contributed by atoms with Crippen LogP contribution in [0, 0.1) is 16.7 Å². The Morgan fingerprint density at radius 1 is 1.27 bits per heavy atom. The lowest BCUT2D eigenvalue weighted by molar-refractivity contribution is 0.000184. The second-order valence-electron chi connectivity index (χ2n) is 7.18. The molecule has 0 radical (unpaired) electrons. The third kappa shape index (κ3) is 3.88. The quantitative estimate of drug-likeness (QED) is 0.513. The Bertz CT molecular complexity index is 1050. The molecule has 4 rings (SSSR count). The van der Waals surface area contributed by atoms with E-state index >= 15 is 0 Å². The SMILES string of the molecule is COc1nccc(OCC2(CO)CCC2)c1-c1cc(Nc2cnc(C#N)cn2)n[nH]1. The summed E-state index contributed by atoms with van der Waals surface area (Å²) in [4.78, 5) is 12.4. The standard InChI is InChI=1S/C20H21N7O3/c1-29-19-18(15(3-6-22-19)30-12-20(11-28)4-2-5-20)14-7-16(27-26-14)25-17-10-23-13(8-21)9-24-17/h3,6-7,9-10,28H,2,4-5,11-12H2,1H3,(H2,24,25,26,27). The van der Waals surface area contributed by atoms with E-state index in [9.17, 15) is 5.11 Å². The summed E-state index contributed by atoms with van der Waals surface area (Å²) in [6, 6.07) is 5.46. The summed E-state index contributed by atoms with van der Waals surface area (Å²) in [7, 11) is 1.54. The van der Waals surface area contributed by atoms with Gasteiger partial charge in [-0.1, -0.05) is 6.42 Å². The van der Waals surface area contributed by atoms with Crippen molar-refractivity contribution in [3.05, 3.63) is 36.4 Å². The van der Waals surface area contributed by atoms with E-state index in [2.05, 4.69) is 30.5 Å². The van der Waals surface area contributed by atoms with Crippen molar-refractivity contribution in [2.45, 2.75) is 19.3 Å². The molecule has 3 heterocycles. The Hall–Kier alpha value is -3.71. The Morgan fingerprint density at radius 3 is 2.77 bits per heavy atom. The Balaban J connectivity index is 1.57. The van der Waals surface area contributed by atoms with Crippen molar-refractivity contribution in [1.29, 1.82) is 5.26 Å². The van der Waals surface area contributed by atoms with Crippen LogP contribution in [0.2, 0.25) is 0 Å². The first-order chi connectivity index (χ1) is 14.7. The maximum atomic E-state index is 9.71. The van der Waals surface area contributed by atoms with Gasteiger partial charge in [0.2, 0.25) is 5.88 Å². The molecule has 1 fully saturated rings. The molecular formula is C20H21N7O3. The number of hydrogen-bond acceptors (Lipinski definition) is 9. The zero-order chi connectivity index (χ0) is 21.0. The fourth-order valence-corrected chi connectivity index (χ4v) is 3.30. The van der Waals surface area contributed by atoms with E-state index in [0.717, 1.165) is 19.3 Å². The van der Waals surface area contributed by atoms with Crippen LogP contribution in [0.4, 0.5) is 11.6 Å². The monoisotopic (exact) mass is 407 g/mol. The van der Waals surface area contributed by atoms with E-state index in [1.165, 1.54) is 12.4 Å². The van der Waals surface area contributed by atoms with E-state index in [-0.39, 0.29) is 17.7 Å². The number of H-pyrrole nitrogens is 1. The van der Waals surface area contributed by atoms with Crippen molar-refractivity contribution in [2.24, 2.45) is 5.41 Å². The van der Waals surface area contributed by atoms with E-state index in [4.69, 9.17) is 14.7 Å². The average Bonchev–Trinajstić information content (AvgIpc) is 3.21. The van der Waals surface area contributed by atoms with Gasteiger partial charge in [0.25, 0.3) is 0 Å². The van der Waals surface area contributed by atoms with Crippen LogP contribution in [0.5, 0.6) is 11.6 Å². The molecule has 0 bridgehead atoms. The highest BCUT2D eigenvalue weighted by Gasteiger charge is 2.37. The number of nitriles is 1. The van der Waals surface area contributed by atoms with Crippen LogP contribution in [-0.2, 0) is 0 Å². The summed E-state index contributed by atoms with van der Waals surface area (Å²) in [5, 5.41) is 28.8. The molecule has 0 atom stereocenters. The molecule has 0 spiro atoms. The van der Waals surface area contributed by atoms with E-state index < -0.39 is 0 Å². The van der Waals surface area contributed by atoms with Gasteiger partial charge in [0, 0.05) is 17.7 Å². The molecule has 10 nitrogen and oxygen atoms in total. The molecule has 1 saturated carbocycles. The lowest BCUT2D eigenvalue weighted by atomic mass is 9.70. The van der Waals surface area contributed by atoms with Crippen LogP contribution in [0.1, 0.15) is 25.0 Å². The summed E-state index contributed by atoms with van der Waals surface area (Å²) in [6.45, 7) is 0.526. The van der Waals surface area contributed by atoms with Gasteiger partial charge < -0.3 is 19.9 Å². The van der Waals surface area contributed by atoms with Crippen molar-refractivity contribution in [1.82, 2.24) is 25.1 Å². The predicted octanol–water partition coefficient (Wildman–Crippen LogP) is 2.43. The Labute approximate surface area is 172 Å². The van der Waals surface area contributed by atoms with E-state index in [1.54, 1.807) is 25.4 Å². The number of anilines is 2. The van der Waals surface area contributed by atoms with Crippen molar-refractivity contribution >= 4 is 11.6 Å². The third-order valence-electron chi connectivity index (χ3n) is 5.22. The van der Waals surface area contributed by atoms with Gasteiger partial charge in [0.05, 0.1) is 38.4 Å². The number of nitrogens with zero attached hydrogens (tertiary/aromatic N) is 5. The van der Waals surface area contributed by atoms with Gasteiger partial charge in [-0.2, -0.15) is 10.4 Å². The Morgan fingerprint density at radius 2 is 2.13 bits per heavy atom. The molecule has 0 aliphatic heterocycles. The maximum absolute atomic E-state index is 9.71. The second-order valence-corrected chi connectivity index (χ2v) is 7.18. The number of pyridine rings is 1. The molecular weight excluding hydrogens is 386 g/mol. The summed E-state index contributed by atoms with van der Waals surface area (Å²) >= 11 is 0. The minimum Gasteiger partial charge on any atom is -0.492 e. The summed E-state index contributed by atoms with van der Waals surface area (Å²) in [5.41, 5.74) is 1.34. The number of aliphatic hydroxyl groups is 1.